The van der Waals surface area contributed by atoms with Crippen LogP contribution in [-0.2, 0) is 16.0 Å². The molecule has 1 aromatic rings. The highest BCUT2D eigenvalue weighted by Crippen LogP contribution is 2.29. The van der Waals surface area contributed by atoms with E-state index < -0.39 is 0 Å². The molecule has 5 heteroatoms. The van der Waals surface area contributed by atoms with Crippen molar-refractivity contribution in [1.82, 2.24) is 5.32 Å². The van der Waals surface area contributed by atoms with Crippen molar-refractivity contribution in [1.29, 1.82) is 0 Å². The van der Waals surface area contributed by atoms with Gasteiger partial charge >= 0.3 is 0 Å². The van der Waals surface area contributed by atoms with E-state index in [0.717, 1.165) is 29.5 Å². The number of rotatable bonds is 3. The summed E-state index contributed by atoms with van der Waals surface area (Å²) in [5.41, 5.74) is 3.17. The number of carbonyl (C=O) groups excluding carboxylic acids is 2. The van der Waals surface area contributed by atoms with Crippen LogP contribution in [0.4, 0.5) is 0 Å². The van der Waals surface area contributed by atoms with E-state index in [4.69, 9.17) is 0 Å². The third-order valence-electron chi connectivity index (χ3n) is 4.28. The van der Waals surface area contributed by atoms with Crippen LogP contribution in [0.5, 0.6) is 0 Å². The minimum absolute atomic E-state index is 0.0297. The Kier molecular flexibility index (Phi) is 4.13. The summed E-state index contributed by atoms with van der Waals surface area (Å²) in [4.78, 5) is 23.5. The van der Waals surface area contributed by atoms with Crippen LogP contribution in [0, 0.1) is 6.92 Å². The third-order valence-corrected chi connectivity index (χ3v) is 4.28. The van der Waals surface area contributed by atoms with Gasteiger partial charge in [0.2, 0.25) is 5.91 Å². The number of aryl methyl sites for hydroxylation is 1. The second-order valence-electron chi connectivity index (χ2n) is 5.94. The molecular formula is C17H19N3O2. The van der Waals surface area contributed by atoms with E-state index >= 15 is 0 Å². The average molecular weight is 297 g/mol. The Morgan fingerprint density at radius 1 is 1.32 bits per heavy atom. The number of nitrogens with one attached hydrogen (secondary N) is 1. The Morgan fingerprint density at radius 2 is 2.14 bits per heavy atom. The van der Waals surface area contributed by atoms with E-state index in [2.05, 4.69) is 15.5 Å². The molecule has 0 spiro atoms. The smallest absolute Gasteiger partial charge is 0.287 e. The summed E-state index contributed by atoms with van der Waals surface area (Å²) in [6.07, 6.45) is 4.35. The highest BCUT2D eigenvalue weighted by atomic mass is 16.2. The van der Waals surface area contributed by atoms with E-state index in [1.165, 1.54) is 0 Å². The molecule has 2 amide bonds. The molecule has 1 aliphatic carbocycles. The van der Waals surface area contributed by atoms with Crippen LogP contribution in [0.3, 0.4) is 0 Å². The molecule has 1 aliphatic heterocycles. The maximum Gasteiger partial charge on any atom is 0.287 e. The maximum absolute atomic E-state index is 12.2. The molecular weight excluding hydrogens is 278 g/mol. The first-order chi connectivity index (χ1) is 10.6. The summed E-state index contributed by atoms with van der Waals surface area (Å²) in [7, 11) is 0. The second kappa shape index (κ2) is 6.22. The fourth-order valence-electron chi connectivity index (χ4n) is 3.05. The molecule has 1 heterocycles. The fraction of sp³-hybridized carbons (Fsp3) is 0.412. The molecule has 22 heavy (non-hydrogen) atoms. The van der Waals surface area contributed by atoms with Gasteiger partial charge in [-0.2, -0.15) is 5.11 Å². The molecule has 2 aliphatic rings. The first-order valence-electron chi connectivity index (χ1n) is 7.61. The van der Waals surface area contributed by atoms with Crippen molar-refractivity contribution in [2.75, 3.05) is 0 Å². The molecule has 5 nitrogen and oxygen atoms in total. The molecule has 0 saturated heterocycles. The van der Waals surface area contributed by atoms with E-state index in [-0.39, 0.29) is 23.9 Å². The summed E-state index contributed by atoms with van der Waals surface area (Å²) in [5, 5.41) is 10.7. The zero-order valence-electron chi connectivity index (χ0n) is 12.6. The molecule has 1 fully saturated rings. The molecule has 0 aromatic heterocycles. The lowest BCUT2D eigenvalue weighted by molar-refractivity contribution is -0.121. The topological polar surface area (TPSA) is 70.9 Å². The summed E-state index contributed by atoms with van der Waals surface area (Å²) in [5.74, 6) is -0.264. The summed E-state index contributed by atoms with van der Waals surface area (Å²) in [6.45, 7) is 2.01. The van der Waals surface area contributed by atoms with Gasteiger partial charge in [0.15, 0.2) is 0 Å². The third kappa shape index (κ3) is 3.30. The summed E-state index contributed by atoms with van der Waals surface area (Å²) in [6, 6.07) is 8.03. The van der Waals surface area contributed by atoms with E-state index in [1.54, 1.807) is 6.08 Å². The van der Waals surface area contributed by atoms with Crippen molar-refractivity contribution in [3.63, 3.8) is 0 Å². The summed E-state index contributed by atoms with van der Waals surface area (Å²) < 4.78 is 0. The van der Waals surface area contributed by atoms with Crippen LogP contribution < -0.4 is 5.32 Å². The van der Waals surface area contributed by atoms with E-state index in [0.29, 0.717) is 12.8 Å². The molecule has 1 aromatic carbocycles. The Balaban J connectivity index is 1.59. The molecule has 0 bridgehead atoms. The number of hydrogen-bond donors (Lipinski definition) is 1. The van der Waals surface area contributed by atoms with Gasteiger partial charge in [-0.05, 0) is 42.9 Å². The molecule has 3 rings (SSSR count). The van der Waals surface area contributed by atoms with E-state index in [1.807, 2.05) is 31.2 Å². The minimum atomic E-state index is -0.293. The normalized spacial score (nSPS) is 23.7. The molecule has 114 valence electrons. The van der Waals surface area contributed by atoms with Gasteiger partial charge in [0.05, 0.1) is 12.5 Å². The van der Waals surface area contributed by atoms with Gasteiger partial charge in [-0.3, -0.25) is 9.59 Å². The van der Waals surface area contributed by atoms with Crippen LogP contribution in [0.2, 0.25) is 0 Å². The zero-order valence-corrected chi connectivity index (χ0v) is 12.6. The zero-order chi connectivity index (χ0) is 15.5. The van der Waals surface area contributed by atoms with Crippen molar-refractivity contribution in [3.8, 4) is 0 Å². The molecule has 2 atom stereocenters. The number of carbonyl (C=O) groups is 2. The standard InChI is InChI=1S/C17H19N3O2/c1-11-4-2-3-5-12(11)9-16(21)18-14-6-7-15-13(8-14)10-17(22)20-19-15/h2-5,10,14-15H,6-9H2,1H3,(H,18,21). The van der Waals surface area contributed by atoms with Crippen molar-refractivity contribution in [3.05, 3.63) is 47.0 Å². The van der Waals surface area contributed by atoms with Crippen molar-refractivity contribution >= 4 is 11.8 Å². The van der Waals surface area contributed by atoms with Gasteiger partial charge < -0.3 is 5.32 Å². The van der Waals surface area contributed by atoms with Crippen LogP contribution in [-0.4, -0.2) is 23.9 Å². The molecule has 1 N–H and O–H groups in total. The van der Waals surface area contributed by atoms with Crippen molar-refractivity contribution in [2.24, 2.45) is 10.2 Å². The Bertz CT molecular complexity index is 664. The Labute approximate surface area is 129 Å². The maximum atomic E-state index is 12.2. The predicted molar refractivity (Wildman–Crippen MR) is 82.4 cm³/mol. The average Bonchev–Trinajstić information content (AvgIpc) is 2.49. The number of amides is 2. The number of azo groups is 1. The first kappa shape index (κ1) is 14.6. The number of hydrogen-bond acceptors (Lipinski definition) is 3. The Morgan fingerprint density at radius 3 is 2.95 bits per heavy atom. The quantitative estimate of drug-likeness (QED) is 0.931. The van der Waals surface area contributed by atoms with Crippen molar-refractivity contribution < 1.29 is 9.59 Å². The second-order valence-corrected chi connectivity index (χ2v) is 5.94. The fourth-order valence-corrected chi connectivity index (χ4v) is 3.05. The van der Waals surface area contributed by atoms with Gasteiger partial charge in [-0.1, -0.05) is 24.3 Å². The monoisotopic (exact) mass is 297 g/mol. The lowest BCUT2D eigenvalue weighted by atomic mass is 9.86. The highest BCUT2D eigenvalue weighted by Gasteiger charge is 2.29. The highest BCUT2D eigenvalue weighted by molar-refractivity contribution is 5.89. The molecule has 0 radical (unpaired) electrons. The lowest BCUT2D eigenvalue weighted by Crippen LogP contribution is -2.40. The van der Waals surface area contributed by atoms with E-state index in [9.17, 15) is 9.59 Å². The largest absolute Gasteiger partial charge is 0.353 e. The predicted octanol–water partition coefficient (Wildman–Crippen LogP) is 2.49. The van der Waals surface area contributed by atoms with Gasteiger partial charge in [-0.15, -0.1) is 5.11 Å². The SMILES string of the molecule is Cc1ccccc1CC(=O)NC1CCC2N=NC(=O)C=C2C1. The lowest BCUT2D eigenvalue weighted by Gasteiger charge is -2.30. The molecule has 1 saturated carbocycles. The Hall–Kier alpha value is -2.30. The van der Waals surface area contributed by atoms with Crippen LogP contribution in [0.25, 0.3) is 0 Å². The van der Waals surface area contributed by atoms with Crippen LogP contribution >= 0.6 is 0 Å². The number of benzene rings is 1. The van der Waals surface area contributed by atoms with Crippen LogP contribution in [0.15, 0.2) is 46.1 Å². The number of fused-ring (bicyclic) bond motifs is 1. The summed E-state index contributed by atoms with van der Waals surface area (Å²) >= 11 is 0. The van der Waals surface area contributed by atoms with Crippen molar-refractivity contribution in [2.45, 2.75) is 44.7 Å². The first-order valence-corrected chi connectivity index (χ1v) is 7.61. The van der Waals surface area contributed by atoms with Gasteiger partial charge in [-0.25, -0.2) is 0 Å². The molecule has 2 unspecified atom stereocenters. The van der Waals surface area contributed by atoms with Gasteiger partial charge in [0.25, 0.3) is 5.91 Å². The number of nitrogens with zero attached hydrogens (tertiary/aromatic N) is 2. The van der Waals surface area contributed by atoms with Crippen LogP contribution in [0.1, 0.15) is 30.4 Å². The van der Waals surface area contributed by atoms with Gasteiger partial charge in [0, 0.05) is 12.1 Å². The van der Waals surface area contributed by atoms with Gasteiger partial charge in [0.1, 0.15) is 0 Å². The minimum Gasteiger partial charge on any atom is -0.353 e.